The standard InChI is InChI=1S/C10H14N3O3P/c1-13-8-6-10(9-12,5-4-7-11)17(14,15-2)16-3/h4-6,8H2,2-3H3. The molecule has 0 amide bonds. The lowest BCUT2D eigenvalue weighted by molar-refractivity contribution is 0.250. The quantitative estimate of drug-likeness (QED) is 0.514. The molecule has 0 N–H and O–H groups in total. The summed E-state index contributed by atoms with van der Waals surface area (Å²) in [7, 11) is -1.25. The van der Waals surface area contributed by atoms with Crippen molar-refractivity contribution in [2.75, 3.05) is 20.8 Å². The van der Waals surface area contributed by atoms with E-state index in [1.165, 1.54) is 14.2 Å². The van der Waals surface area contributed by atoms with Gasteiger partial charge in [-0.2, -0.15) is 10.5 Å². The molecule has 0 aliphatic carbocycles. The zero-order chi connectivity index (χ0) is 13.4. The molecular formula is C10H14N3O3P. The minimum atomic E-state index is -3.64. The Kier molecular flexibility index (Phi) is 6.47. The second-order valence-electron chi connectivity index (χ2n) is 3.30. The van der Waals surface area contributed by atoms with E-state index in [9.17, 15) is 9.83 Å². The van der Waals surface area contributed by atoms with Crippen molar-refractivity contribution in [2.45, 2.75) is 24.4 Å². The van der Waals surface area contributed by atoms with E-state index in [0.717, 1.165) is 0 Å². The van der Waals surface area contributed by atoms with Gasteiger partial charge < -0.3 is 13.9 Å². The Labute approximate surface area is 101 Å². The molecule has 0 radical (unpaired) electrons. The number of nitrogens with zero attached hydrogens (tertiary/aromatic N) is 3. The molecule has 0 saturated carbocycles. The molecule has 0 aliphatic heterocycles. The van der Waals surface area contributed by atoms with Gasteiger partial charge in [0, 0.05) is 20.6 Å². The maximum Gasteiger partial charge on any atom is 0.350 e. The number of rotatable bonds is 7. The Bertz CT molecular complexity index is 390. The van der Waals surface area contributed by atoms with Gasteiger partial charge in [0.1, 0.15) is 0 Å². The van der Waals surface area contributed by atoms with Crippen molar-refractivity contribution in [3.63, 3.8) is 0 Å². The summed E-state index contributed by atoms with van der Waals surface area (Å²) in [5.41, 5.74) is 0. The van der Waals surface area contributed by atoms with Gasteiger partial charge in [-0.3, -0.25) is 4.57 Å². The average molecular weight is 255 g/mol. The summed E-state index contributed by atoms with van der Waals surface area (Å²) >= 11 is 0. The Balaban J connectivity index is 5.34. The van der Waals surface area contributed by atoms with Gasteiger partial charge in [0.2, 0.25) is 6.54 Å². The lowest BCUT2D eigenvalue weighted by Crippen LogP contribution is -2.29. The van der Waals surface area contributed by atoms with Crippen molar-refractivity contribution < 1.29 is 13.6 Å². The molecule has 0 aromatic rings. The van der Waals surface area contributed by atoms with Crippen LogP contribution >= 0.6 is 7.60 Å². The monoisotopic (exact) mass is 255 g/mol. The summed E-state index contributed by atoms with van der Waals surface area (Å²) in [6.45, 7) is 6.77. The van der Waals surface area contributed by atoms with Crippen LogP contribution in [0.2, 0.25) is 0 Å². The van der Waals surface area contributed by atoms with E-state index < -0.39 is 12.8 Å². The summed E-state index contributed by atoms with van der Waals surface area (Å²) in [6, 6.07) is 3.81. The molecule has 1 unspecified atom stereocenters. The van der Waals surface area contributed by atoms with Crippen molar-refractivity contribution in [3.8, 4) is 12.1 Å². The van der Waals surface area contributed by atoms with Crippen LogP contribution in [0.3, 0.4) is 0 Å². The molecule has 0 bridgehead atoms. The van der Waals surface area contributed by atoms with E-state index >= 15 is 0 Å². The summed E-state index contributed by atoms with van der Waals surface area (Å²) in [5.74, 6) is 0. The van der Waals surface area contributed by atoms with Crippen molar-refractivity contribution in [2.24, 2.45) is 0 Å². The first-order valence-electron chi connectivity index (χ1n) is 4.89. The van der Waals surface area contributed by atoms with Crippen LogP contribution in [-0.2, 0) is 13.6 Å². The average Bonchev–Trinajstić information content (AvgIpc) is 2.38. The highest BCUT2D eigenvalue weighted by Crippen LogP contribution is 2.62. The molecule has 0 rings (SSSR count). The molecule has 0 aromatic carbocycles. The van der Waals surface area contributed by atoms with E-state index in [2.05, 4.69) is 4.85 Å². The van der Waals surface area contributed by atoms with Gasteiger partial charge in [0.05, 0.1) is 18.6 Å². The maximum atomic E-state index is 12.3. The Morgan fingerprint density at radius 3 is 2.29 bits per heavy atom. The van der Waals surface area contributed by atoms with Crippen molar-refractivity contribution in [1.29, 1.82) is 10.5 Å². The van der Waals surface area contributed by atoms with Crippen LogP contribution < -0.4 is 0 Å². The first-order chi connectivity index (χ1) is 8.05. The molecule has 1 atom stereocenters. The maximum absolute atomic E-state index is 12.3. The molecule has 0 heterocycles. The van der Waals surface area contributed by atoms with Gasteiger partial charge in [0.25, 0.3) is 0 Å². The van der Waals surface area contributed by atoms with Crippen LogP contribution in [0, 0.1) is 29.2 Å². The molecule has 0 fully saturated rings. The van der Waals surface area contributed by atoms with Crippen LogP contribution in [0.25, 0.3) is 4.85 Å². The molecule has 0 aromatic heterocycles. The molecular weight excluding hydrogens is 241 g/mol. The van der Waals surface area contributed by atoms with Crippen molar-refractivity contribution in [3.05, 3.63) is 11.4 Å². The van der Waals surface area contributed by atoms with Crippen molar-refractivity contribution in [1.82, 2.24) is 0 Å². The Morgan fingerprint density at radius 2 is 1.94 bits per heavy atom. The second kappa shape index (κ2) is 7.05. The summed E-state index contributed by atoms with van der Waals surface area (Å²) in [4.78, 5) is 3.14. The van der Waals surface area contributed by atoms with Crippen LogP contribution in [-0.4, -0.2) is 25.9 Å². The van der Waals surface area contributed by atoms with Gasteiger partial charge >= 0.3 is 7.60 Å². The fourth-order valence-electron chi connectivity index (χ4n) is 1.50. The fourth-order valence-corrected chi connectivity index (χ4v) is 3.23. The predicted octanol–water partition coefficient (Wildman–Crippen LogP) is 2.35. The van der Waals surface area contributed by atoms with Gasteiger partial charge in [-0.1, -0.05) is 0 Å². The molecule has 0 spiro atoms. The lowest BCUT2D eigenvalue weighted by atomic mass is 10.0. The number of hydrogen-bond donors (Lipinski definition) is 0. The topological polar surface area (TPSA) is 87.5 Å². The molecule has 17 heavy (non-hydrogen) atoms. The van der Waals surface area contributed by atoms with Crippen LogP contribution in [0.15, 0.2) is 0 Å². The van der Waals surface area contributed by atoms with Crippen molar-refractivity contribution >= 4 is 7.60 Å². The predicted molar refractivity (Wildman–Crippen MR) is 60.9 cm³/mol. The second-order valence-corrected chi connectivity index (χ2v) is 5.88. The molecule has 6 nitrogen and oxygen atoms in total. The highest BCUT2D eigenvalue weighted by molar-refractivity contribution is 7.56. The number of hydrogen-bond acceptors (Lipinski definition) is 5. The van der Waals surface area contributed by atoms with Crippen LogP contribution in [0.5, 0.6) is 0 Å². The molecule has 92 valence electrons. The summed E-state index contributed by atoms with van der Waals surface area (Å²) in [5, 5.41) is 16.4. The number of nitriles is 2. The van der Waals surface area contributed by atoms with E-state index in [-0.39, 0.29) is 25.8 Å². The highest BCUT2D eigenvalue weighted by Gasteiger charge is 2.51. The third-order valence-electron chi connectivity index (χ3n) is 2.50. The van der Waals surface area contributed by atoms with E-state index in [1.807, 2.05) is 12.1 Å². The van der Waals surface area contributed by atoms with Crippen LogP contribution in [0.1, 0.15) is 19.3 Å². The zero-order valence-corrected chi connectivity index (χ0v) is 10.7. The van der Waals surface area contributed by atoms with E-state index in [0.29, 0.717) is 0 Å². The smallest absolute Gasteiger partial charge is 0.317 e. The summed E-state index contributed by atoms with van der Waals surface area (Å²) in [6.07, 6.45) is 0.185. The Morgan fingerprint density at radius 1 is 1.35 bits per heavy atom. The molecule has 0 aliphatic rings. The third-order valence-corrected chi connectivity index (χ3v) is 5.06. The van der Waals surface area contributed by atoms with Crippen LogP contribution in [0.4, 0.5) is 0 Å². The SMILES string of the molecule is [C-]#[N+]CCC(C#N)(CCC#N)P(=O)(OC)OC. The van der Waals surface area contributed by atoms with E-state index in [1.54, 1.807) is 0 Å². The Hall–Kier alpha value is -1.38. The third kappa shape index (κ3) is 3.29. The zero-order valence-electron chi connectivity index (χ0n) is 9.84. The van der Waals surface area contributed by atoms with Gasteiger partial charge in [-0.05, 0) is 6.42 Å². The van der Waals surface area contributed by atoms with E-state index in [4.69, 9.17) is 20.9 Å². The van der Waals surface area contributed by atoms with Gasteiger partial charge in [-0.15, -0.1) is 0 Å². The first-order valence-corrected chi connectivity index (χ1v) is 6.43. The fraction of sp³-hybridized carbons (Fsp3) is 0.700. The normalized spacial score (nSPS) is 14.1. The highest BCUT2D eigenvalue weighted by atomic mass is 31.2. The largest absolute Gasteiger partial charge is 0.350 e. The van der Waals surface area contributed by atoms with Gasteiger partial charge in [0.15, 0.2) is 5.16 Å². The minimum absolute atomic E-state index is 0.0374. The first kappa shape index (κ1) is 15.6. The summed E-state index contributed by atoms with van der Waals surface area (Å²) < 4.78 is 22.0. The lowest BCUT2D eigenvalue weighted by Gasteiger charge is -2.29. The molecule has 7 heteroatoms. The van der Waals surface area contributed by atoms with Gasteiger partial charge in [-0.25, -0.2) is 6.57 Å². The molecule has 0 saturated heterocycles. The minimum Gasteiger partial charge on any atom is -0.317 e.